The lowest BCUT2D eigenvalue weighted by Gasteiger charge is -2.47. The van der Waals surface area contributed by atoms with Gasteiger partial charge >= 0.3 is 12.1 Å². The van der Waals surface area contributed by atoms with Crippen molar-refractivity contribution in [1.82, 2.24) is 10.2 Å². The van der Waals surface area contributed by atoms with Gasteiger partial charge in [0.05, 0.1) is 13.2 Å². The van der Waals surface area contributed by atoms with E-state index in [-0.39, 0.29) is 5.91 Å². The van der Waals surface area contributed by atoms with Crippen molar-refractivity contribution in [2.75, 3.05) is 7.11 Å². The molecule has 8 nitrogen and oxygen atoms in total. The number of hydrogen-bond donors (Lipinski definition) is 1. The Bertz CT molecular complexity index is 515. The molecule has 2 fully saturated rings. The lowest BCUT2D eigenvalue weighted by Crippen LogP contribution is -2.67. The number of rotatable bonds is 2. The summed E-state index contributed by atoms with van der Waals surface area (Å²) in [5, 5.41) is 2.56. The largest absolute Gasteiger partial charge is 0.467 e. The fourth-order valence-corrected chi connectivity index (χ4v) is 3.06. The number of methoxy groups -OCH3 is 1. The Kier molecular flexibility index (Phi) is 5.37. The number of alkyl carbamates (subject to hydrolysis) is 1. The molecule has 0 aromatic rings. The molecule has 0 saturated carbocycles. The molecular weight excluding hydrogens is 316 g/mol. The number of nitrogens with one attached hydrogen (secondary N) is 1. The molecule has 0 bridgehead atoms. The number of fused-ring (bicyclic) bond motifs is 1. The van der Waals surface area contributed by atoms with Crippen molar-refractivity contribution < 1.29 is 28.6 Å². The predicted molar refractivity (Wildman–Crippen MR) is 84.0 cm³/mol. The molecular formula is C16H26N2O6. The smallest absolute Gasteiger partial charge is 0.408 e. The third-order valence-corrected chi connectivity index (χ3v) is 4.08. The first-order chi connectivity index (χ1) is 11.1. The van der Waals surface area contributed by atoms with Crippen LogP contribution in [-0.4, -0.2) is 60.0 Å². The van der Waals surface area contributed by atoms with Crippen LogP contribution in [0.2, 0.25) is 0 Å². The van der Waals surface area contributed by atoms with Gasteiger partial charge in [0.15, 0.2) is 0 Å². The molecule has 136 valence electrons. The van der Waals surface area contributed by atoms with Crippen molar-refractivity contribution >= 4 is 18.0 Å². The number of carbonyl (C=O) groups excluding carboxylic acids is 3. The average Bonchev–Trinajstić information content (AvgIpc) is 2.48. The van der Waals surface area contributed by atoms with Crippen LogP contribution >= 0.6 is 0 Å². The van der Waals surface area contributed by atoms with Crippen molar-refractivity contribution in [3.8, 4) is 0 Å². The molecule has 2 saturated heterocycles. The van der Waals surface area contributed by atoms with Crippen molar-refractivity contribution in [1.29, 1.82) is 0 Å². The molecule has 0 aromatic carbocycles. The Morgan fingerprint density at radius 2 is 1.96 bits per heavy atom. The van der Waals surface area contributed by atoms with E-state index in [9.17, 15) is 14.4 Å². The monoisotopic (exact) mass is 342 g/mol. The van der Waals surface area contributed by atoms with Crippen LogP contribution in [0.3, 0.4) is 0 Å². The summed E-state index contributed by atoms with van der Waals surface area (Å²) < 4.78 is 15.9. The second-order valence-corrected chi connectivity index (χ2v) is 7.14. The normalized spacial score (nSPS) is 30.4. The summed E-state index contributed by atoms with van der Waals surface area (Å²) in [6.07, 6.45) is 0.269. The van der Waals surface area contributed by atoms with Gasteiger partial charge in [-0.1, -0.05) is 0 Å². The van der Waals surface area contributed by atoms with Crippen LogP contribution in [0, 0.1) is 0 Å². The van der Waals surface area contributed by atoms with E-state index >= 15 is 0 Å². The Morgan fingerprint density at radius 1 is 1.29 bits per heavy atom. The summed E-state index contributed by atoms with van der Waals surface area (Å²) in [4.78, 5) is 38.3. The third kappa shape index (κ3) is 3.98. The highest BCUT2D eigenvalue weighted by Gasteiger charge is 2.48. The minimum absolute atomic E-state index is 0.347. The van der Waals surface area contributed by atoms with E-state index in [1.54, 1.807) is 27.7 Å². The predicted octanol–water partition coefficient (Wildman–Crippen LogP) is 1.18. The van der Waals surface area contributed by atoms with Crippen LogP contribution in [-0.2, 0) is 23.8 Å². The average molecular weight is 342 g/mol. The van der Waals surface area contributed by atoms with Crippen LogP contribution in [0.25, 0.3) is 0 Å². The summed E-state index contributed by atoms with van der Waals surface area (Å²) >= 11 is 0. The van der Waals surface area contributed by atoms with Crippen LogP contribution in [0.5, 0.6) is 0 Å². The highest BCUT2D eigenvalue weighted by molar-refractivity contribution is 5.91. The van der Waals surface area contributed by atoms with E-state index in [4.69, 9.17) is 14.2 Å². The maximum absolute atomic E-state index is 12.9. The minimum atomic E-state index is -0.902. The van der Waals surface area contributed by atoms with Gasteiger partial charge in [-0.25, -0.2) is 9.59 Å². The number of esters is 1. The number of hydrogen-bond acceptors (Lipinski definition) is 6. The van der Waals surface area contributed by atoms with Gasteiger partial charge in [0, 0.05) is 0 Å². The number of amides is 2. The highest BCUT2D eigenvalue weighted by atomic mass is 16.6. The van der Waals surface area contributed by atoms with E-state index < -0.39 is 42.1 Å². The maximum Gasteiger partial charge on any atom is 0.408 e. The zero-order valence-electron chi connectivity index (χ0n) is 14.8. The highest BCUT2D eigenvalue weighted by Crippen LogP contribution is 2.30. The van der Waals surface area contributed by atoms with Gasteiger partial charge in [0.25, 0.3) is 5.91 Å². The van der Waals surface area contributed by atoms with E-state index in [0.29, 0.717) is 12.8 Å². The second kappa shape index (κ2) is 6.96. The first-order valence-corrected chi connectivity index (χ1v) is 8.19. The van der Waals surface area contributed by atoms with Gasteiger partial charge in [-0.2, -0.15) is 0 Å². The minimum Gasteiger partial charge on any atom is -0.467 e. The molecule has 8 heteroatoms. The van der Waals surface area contributed by atoms with E-state index in [1.807, 2.05) is 0 Å². The van der Waals surface area contributed by atoms with Gasteiger partial charge in [-0.3, -0.25) is 4.79 Å². The SMILES string of the molecule is COC(=O)[C@@H]1CCC[C@H]2O[C@H](C)[C@@H](NC(=O)OC(C)(C)C)C(=O)N21. The Morgan fingerprint density at radius 3 is 2.54 bits per heavy atom. The summed E-state index contributed by atoms with van der Waals surface area (Å²) in [7, 11) is 1.29. The third-order valence-electron chi connectivity index (χ3n) is 4.08. The molecule has 0 unspecified atom stereocenters. The molecule has 0 aromatic heterocycles. The molecule has 2 aliphatic rings. The van der Waals surface area contributed by atoms with E-state index in [2.05, 4.69) is 5.32 Å². The molecule has 0 radical (unpaired) electrons. The lowest BCUT2D eigenvalue weighted by atomic mass is 9.96. The molecule has 4 atom stereocenters. The molecule has 24 heavy (non-hydrogen) atoms. The summed E-state index contributed by atoms with van der Waals surface area (Å²) in [6.45, 7) is 6.94. The van der Waals surface area contributed by atoms with Crippen LogP contribution in [0.15, 0.2) is 0 Å². The molecule has 2 heterocycles. The quantitative estimate of drug-likeness (QED) is 0.757. The topological polar surface area (TPSA) is 94.2 Å². The fraction of sp³-hybridized carbons (Fsp3) is 0.812. The molecule has 2 rings (SSSR count). The first-order valence-electron chi connectivity index (χ1n) is 8.19. The summed E-state index contributed by atoms with van der Waals surface area (Å²) in [5.41, 5.74) is -0.673. The fourth-order valence-electron chi connectivity index (χ4n) is 3.06. The van der Waals surface area contributed by atoms with E-state index in [1.165, 1.54) is 12.0 Å². The van der Waals surface area contributed by atoms with Gasteiger partial charge in [0.1, 0.15) is 23.9 Å². The Balaban J connectivity index is 2.14. The molecule has 2 aliphatic heterocycles. The summed E-state index contributed by atoms with van der Waals surface area (Å²) in [6, 6.07) is -1.59. The lowest BCUT2D eigenvalue weighted by molar-refractivity contribution is -0.200. The van der Waals surface area contributed by atoms with Gasteiger partial charge < -0.3 is 24.4 Å². The number of carbonyl (C=O) groups is 3. The molecule has 0 spiro atoms. The Labute approximate surface area is 141 Å². The van der Waals surface area contributed by atoms with Crippen LogP contribution < -0.4 is 5.32 Å². The van der Waals surface area contributed by atoms with Crippen molar-refractivity contribution in [2.24, 2.45) is 0 Å². The van der Waals surface area contributed by atoms with Gasteiger partial charge in [-0.15, -0.1) is 0 Å². The molecule has 2 amide bonds. The first kappa shape index (κ1) is 18.5. The zero-order valence-corrected chi connectivity index (χ0v) is 14.8. The zero-order chi connectivity index (χ0) is 18.1. The van der Waals surface area contributed by atoms with Crippen LogP contribution in [0.4, 0.5) is 4.79 Å². The van der Waals surface area contributed by atoms with Crippen LogP contribution in [0.1, 0.15) is 47.0 Å². The van der Waals surface area contributed by atoms with Gasteiger partial charge in [0.2, 0.25) is 0 Å². The standard InChI is InChI=1S/C16H26N2O6/c1-9-12(17-15(21)24-16(2,3)4)13(19)18-10(14(20)22-5)7-6-8-11(18)23-9/h9-12H,6-8H2,1-5H3,(H,17,21)/t9-,10+,11-,12-/m1/s1. The number of ether oxygens (including phenoxy) is 3. The number of piperidine rings is 1. The second-order valence-electron chi connectivity index (χ2n) is 7.14. The van der Waals surface area contributed by atoms with E-state index in [0.717, 1.165) is 6.42 Å². The maximum atomic E-state index is 12.9. The van der Waals surface area contributed by atoms with Gasteiger partial charge in [-0.05, 0) is 47.0 Å². The van der Waals surface area contributed by atoms with Crippen molar-refractivity contribution in [2.45, 2.75) is 77.0 Å². The Hall–Kier alpha value is -1.83. The van der Waals surface area contributed by atoms with Crippen molar-refractivity contribution in [3.63, 3.8) is 0 Å². The molecule has 1 N–H and O–H groups in total. The van der Waals surface area contributed by atoms with Crippen molar-refractivity contribution in [3.05, 3.63) is 0 Å². The summed E-state index contributed by atoms with van der Waals surface area (Å²) in [5.74, 6) is -0.818. The number of nitrogens with zero attached hydrogens (tertiary/aromatic N) is 1. The molecule has 0 aliphatic carbocycles.